The zero-order chi connectivity index (χ0) is 13.1. The highest BCUT2D eigenvalue weighted by molar-refractivity contribution is 5.63. The van der Waals surface area contributed by atoms with E-state index >= 15 is 0 Å². The molecule has 1 fully saturated rings. The van der Waals surface area contributed by atoms with Crippen molar-refractivity contribution in [1.82, 2.24) is 0 Å². The second-order valence-corrected chi connectivity index (χ2v) is 4.01. The van der Waals surface area contributed by atoms with Gasteiger partial charge in [-0.15, -0.1) is 0 Å². The Morgan fingerprint density at radius 1 is 1.61 bits per heavy atom. The predicted molar refractivity (Wildman–Crippen MR) is 62.1 cm³/mol. The van der Waals surface area contributed by atoms with Gasteiger partial charge in [-0.05, 0) is 6.07 Å². The summed E-state index contributed by atoms with van der Waals surface area (Å²) in [6.07, 6.45) is -0.401. The summed E-state index contributed by atoms with van der Waals surface area (Å²) in [4.78, 5) is 12.0. The summed E-state index contributed by atoms with van der Waals surface area (Å²) in [5, 5.41) is 19.9. The highest BCUT2D eigenvalue weighted by Gasteiger charge is 2.25. The van der Waals surface area contributed by atoms with Gasteiger partial charge in [-0.2, -0.15) is 0 Å². The van der Waals surface area contributed by atoms with Gasteiger partial charge in [-0.25, -0.2) is 4.39 Å². The Kier molecular flexibility index (Phi) is 3.73. The van der Waals surface area contributed by atoms with E-state index in [0.717, 1.165) is 18.2 Å². The summed E-state index contributed by atoms with van der Waals surface area (Å²) in [5.41, 5.74) is 0.0803. The second kappa shape index (κ2) is 5.28. The number of halogens is 1. The van der Waals surface area contributed by atoms with Crippen LogP contribution in [0.4, 0.5) is 15.8 Å². The maximum atomic E-state index is 13.2. The van der Waals surface area contributed by atoms with Crippen molar-refractivity contribution in [3.05, 3.63) is 34.1 Å². The molecular formula is C11H13FN2O4. The van der Waals surface area contributed by atoms with Crippen LogP contribution in [0.2, 0.25) is 0 Å². The molecule has 98 valence electrons. The van der Waals surface area contributed by atoms with E-state index in [4.69, 9.17) is 9.84 Å². The molecule has 0 saturated carbocycles. The zero-order valence-electron chi connectivity index (χ0n) is 9.58. The molecule has 6 nitrogen and oxygen atoms in total. The summed E-state index contributed by atoms with van der Waals surface area (Å²) >= 11 is 0. The molecule has 18 heavy (non-hydrogen) atoms. The normalized spacial score (nSPS) is 19.9. The number of nitrogens with zero attached hydrogens (tertiary/aromatic N) is 2. The van der Waals surface area contributed by atoms with Gasteiger partial charge in [0.25, 0.3) is 5.69 Å². The third-order valence-corrected chi connectivity index (χ3v) is 2.82. The lowest BCUT2D eigenvalue weighted by Gasteiger charge is -2.33. The van der Waals surface area contributed by atoms with E-state index in [1.807, 2.05) is 0 Å². The molecule has 1 saturated heterocycles. The number of hydrogen-bond acceptors (Lipinski definition) is 5. The van der Waals surface area contributed by atoms with E-state index in [-0.39, 0.29) is 18.0 Å². The molecule has 0 bridgehead atoms. The van der Waals surface area contributed by atoms with Gasteiger partial charge in [0.2, 0.25) is 0 Å². The quantitative estimate of drug-likeness (QED) is 0.643. The molecule has 0 radical (unpaired) electrons. The van der Waals surface area contributed by atoms with E-state index in [1.165, 1.54) is 0 Å². The average Bonchev–Trinajstić information content (AvgIpc) is 2.38. The first-order valence-electron chi connectivity index (χ1n) is 5.53. The van der Waals surface area contributed by atoms with Crippen LogP contribution in [0.25, 0.3) is 0 Å². The van der Waals surface area contributed by atoms with Crippen molar-refractivity contribution < 1.29 is 19.2 Å². The number of nitro groups is 1. The Morgan fingerprint density at radius 3 is 3.06 bits per heavy atom. The van der Waals surface area contributed by atoms with Gasteiger partial charge >= 0.3 is 0 Å². The van der Waals surface area contributed by atoms with Gasteiger partial charge in [0.05, 0.1) is 24.2 Å². The van der Waals surface area contributed by atoms with E-state index in [2.05, 4.69) is 0 Å². The third-order valence-electron chi connectivity index (χ3n) is 2.82. The number of rotatable bonds is 3. The van der Waals surface area contributed by atoms with E-state index in [9.17, 15) is 14.5 Å². The third kappa shape index (κ3) is 2.57. The first-order chi connectivity index (χ1) is 8.61. The molecule has 2 rings (SSSR count). The number of aliphatic hydroxyl groups is 1. The van der Waals surface area contributed by atoms with Gasteiger partial charge < -0.3 is 14.7 Å². The van der Waals surface area contributed by atoms with Crippen molar-refractivity contribution in [2.45, 2.75) is 6.10 Å². The van der Waals surface area contributed by atoms with Crippen molar-refractivity contribution in [1.29, 1.82) is 0 Å². The summed E-state index contributed by atoms with van der Waals surface area (Å²) in [7, 11) is 0. The van der Waals surface area contributed by atoms with Crippen LogP contribution in [0.3, 0.4) is 0 Å². The monoisotopic (exact) mass is 256 g/mol. The lowest BCUT2D eigenvalue weighted by atomic mass is 10.2. The molecular weight excluding hydrogens is 243 g/mol. The smallest absolute Gasteiger partial charge is 0.292 e. The Morgan fingerprint density at radius 2 is 2.39 bits per heavy atom. The summed E-state index contributed by atoms with van der Waals surface area (Å²) in [6, 6.07) is 3.34. The minimum atomic E-state index is -0.543. The fourth-order valence-electron chi connectivity index (χ4n) is 1.95. The number of hydrogen-bond donors (Lipinski definition) is 1. The molecule has 1 N–H and O–H groups in total. The maximum absolute atomic E-state index is 13.2. The minimum absolute atomic E-state index is 0.144. The van der Waals surface area contributed by atoms with Gasteiger partial charge in [-0.3, -0.25) is 10.1 Å². The lowest BCUT2D eigenvalue weighted by Crippen LogP contribution is -2.44. The van der Waals surface area contributed by atoms with Crippen molar-refractivity contribution in [2.24, 2.45) is 0 Å². The van der Waals surface area contributed by atoms with Crippen molar-refractivity contribution in [2.75, 3.05) is 31.2 Å². The molecule has 0 aromatic heterocycles. The largest absolute Gasteiger partial charge is 0.394 e. The Hall–Kier alpha value is -1.73. The van der Waals surface area contributed by atoms with Gasteiger partial charge in [0.15, 0.2) is 0 Å². The zero-order valence-corrected chi connectivity index (χ0v) is 9.58. The fourth-order valence-corrected chi connectivity index (χ4v) is 1.95. The summed E-state index contributed by atoms with van der Waals surface area (Å²) in [5.74, 6) is -0.525. The molecule has 0 amide bonds. The Labute approximate surface area is 103 Å². The molecule has 1 atom stereocenters. The van der Waals surface area contributed by atoms with Crippen LogP contribution in [-0.4, -0.2) is 42.4 Å². The molecule has 1 aliphatic heterocycles. The second-order valence-electron chi connectivity index (χ2n) is 4.01. The number of anilines is 1. The highest BCUT2D eigenvalue weighted by atomic mass is 19.1. The van der Waals surface area contributed by atoms with E-state index in [1.54, 1.807) is 4.90 Å². The molecule has 1 aromatic carbocycles. The van der Waals surface area contributed by atoms with Gasteiger partial charge in [-0.1, -0.05) is 0 Å². The molecule has 1 aliphatic rings. The predicted octanol–water partition coefficient (Wildman–Crippen LogP) is 0.931. The topological polar surface area (TPSA) is 75.8 Å². The van der Waals surface area contributed by atoms with Gasteiger partial charge in [0.1, 0.15) is 11.5 Å². The molecule has 7 heteroatoms. The summed E-state index contributed by atoms with van der Waals surface area (Å²) in [6.45, 7) is 0.917. The molecule has 1 heterocycles. The number of benzene rings is 1. The van der Waals surface area contributed by atoms with Crippen LogP contribution in [-0.2, 0) is 4.74 Å². The van der Waals surface area contributed by atoms with Crippen LogP contribution in [0.5, 0.6) is 0 Å². The SMILES string of the molecule is O=[N+]([O-])c1ccc(F)cc1N1CCOC(CO)C1. The Balaban J connectivity index is 2.31. The number of aliphatic hydroxyl groups excluding tert-OH is 1. The minimum Gasteiger partial charge on any atom is -0.394 e. The van der Waals surface area contributed by atoms with Crippen LogP contribution < -0.4 is 4.90 Å². The maximum Gasteiger partial charge on any atom is 0.292 e. The van der Waals surface area contributed by atoms with Crippen molar-refractivity contribution in [3.8, 4) is 0 Å². The molecule has 0 spiro atoms. The number of morpholine rings is 1. The average molecular weight is 256 g/mol. The van der Waals surface area contributed by atoms with Gasteiger partial charge in [0, 0.05) is 25.2 Å². The first kappa shape index (κ1) is 12.7. The molecule has 0 aliphatic carbocycles. The van der Waals surface area contributed by atoms with Crippen molar-refractivity contribution >= 4 is 11.4 Å². The highest BCUT2D eigenvalue weighted by Crippen LogP contribution is 2.30. The Bertz CT molecular complexity index is 455. The van der Waals surface area contributed by atoms with Crippen LogP contribution in [0.1, 0.15) is 0 Å². The van der Waals surface area contributed by atoms with Crippen LogP contribution >= 0.6 is 0 Å². The summed E-state index contributed by atoms with van der Waals surface area (Å²) < 4.78 is 18.5. The van der Waals surface area contributed by atoms with Crippen molar-refractivity contribution in [3.63, 3.8) is 0 Å². The standard InChI is InChI=1S/C11H13FN2O4/c12-8-1-2-10(14(16)17)11(5-8)13-3-4-18-9(6-13)7-15/h1-2,5,9,15H,3-4,6-7H2. The number of ether oxygens (including phenoxy) is 1. The number of nitro benzene ring substituents is 1. The first-order valence-corrected chi connectivity index (χ1v) is 5.53. The molecule has 1 aromatic rings. The lowest BCUT2D eigenvalue weighted by molar-refractivity contribution is -0.384. The fraction of sp³-hybridized carbons (Fsp3) is 0.455. The van der Waals surface area contributed by atoms with Crippen LogP contribution in [0, 0.1) is 15.9 Å². The molecule has 1 unspecified atom stereocenters. The van der Waals surface area contributed by atoms with E-state index < -0.39 is 16.8 Å². The van der Waals surface area contributed by atoms with Crippen LogP contribution in [0.15, 0.2) is 18.2 Å². The van der Waals surface area contributed by atoms with E-state index in [0.29, 0.717) is 19.7 Å².